The number of anilines is 1. The van der Waals surface area contributed by atoms with E-state index in [9.17, 15) is 0 Å². The summed E-state index contributed by atoms with van der Waals surface area (Å²) in [4.78, 5) is 0. The van der Waals surface area contributed by atoms with E-state index in [2.05, 4.69) is 15.9 Å². The molecule has 1 aliphatic rings. The zero-order valence-corrected chi connectivity index (χ0v) is 11.0. The standard InChI is InChI=1S/C13H18BrNO/c14-12-5-4-11(13(15)8-12)9-16-7-6-10-2-1-3-10/h4-5,8,10H,1-3,6-7,9,15H2. The maximum Gasteiger partial charge on any atom is 0.0736 e. The molecule has 0 radical (unpaired) electrons. The number of hydrogen-bond donors (Lipinski definition) is 1. The van der Waals surface area contributed by atoms with Gasteiger partial charge in [0.15, 0.2) is 0 Å². The first kappa shape index (κ1) is 11.9. The van der Waals surface area contributed by atoms with Gasteiger partial charge in [0.25, 0.3) is 0 Å². The number of halogens is 1. The summed E-state index contributed by atoms with van der Waals surface area (Å²) < 4.78 is 6.67. The molecule has 0 atom stereocenters. The van der Waals surface area contributed by atoms with Gasteiger partial charge in [0.2, 0.25) is 0 Å². The van der Waals surface area contributed by atoms with E-state index in [-0.39, 0.29) is 0 Å². The average molecular weight is 284 g/mol. The van der Waals surface area contributed by atoms with E-state index in [0.717, 1.165) is 28.2 Å². The van der Waals surface area contributed by atoms with Crippen molar-refractivity contribution in [3.05, 3.63) is 28.2 Å². The lowest BCUT2D eigenvalue weighted by Gasteiger charge is -2.24. The molecule has 1 fully saturated rings. The van der Waals surface area contributed by atoms with Crippen molar-refractivity contribution in [3.63, 3.8) is 0 Å². The Morgan fingerprint density at radius 3 is 2.81 bits per heavy atom. The highest BCUT2D eigenvalue weighted by Gasteiger charge is 2.16. The fraction of sp³-hybridized carbons (Fsp3) is 0.538. The van der Waals surface area contributed by atoms with Crippen molar-refractivity contribution in [1.82, 2.24) is 0 Å². The van der Waals surface area contributed by atoms with Gasteiger partial charge in [0.05, 0.1) is 6.61 Å². The largest absolute Gasteiger partial charge is 0.398 e. The Morgan fingerprint density at radius 2 is 2.19 bits per heavy atom. The minimum Gasteiger partial charge on any atom is -0.398 e. The van der Waals surface area contributed by atoms with Crippen molar-refractivity contribution in [1.29, 1.82) is 0 Å². The Kier molecular flexibility index (Phi) is 4.24. The van der Waals surface area contributed by atoms with Crippen LogP contribution in [0, 0.1) is 5.92 Å². The molecule has 0 heterocycles. The molecular formula is C13H18BrNO. The fourth-order valence-corrected chi connectivity index (χ4v) is 2.29. The number of benzene rings is 1. The minimum atomic E-state index is 0.631. The summed E-state index contributed by atoms with van der Waals surface area (Å²) in [5, 5.41) is 0. The molecule has 0 saturated heterocycles. The monoisotopic (exact) mass is 283 g/mol. The van der Waals surface area contributed by atoms with E-state index >= 15 is 0 Å². The van der Waals surface area contributed by atoms with E-state index in [1.165, 1.54) is 25.7 Å². The Morgan fingerprint density at radius 1 is 1.38 bits per heavy atom. The van der Waals surface area contributed by atoms with Crippen molar-refractivity contribution in [2.24, 2.45) is 5.92 Å². The van der Waals surface area contributed by atoms with Gasteiger partial charge in [0, 0.05) is 22.3 Å². The van der Waals surface area contributed by atoms with Crippen LogP contribution in [0.4, 0.5) is 5.69 Å². The third-order valence-corrected chi connectivity index (χ3v) is 3.75. The lowest BCUT2D eigenvalue weighted by molar-refractivity contribution is 0.0953. The van der Waals surface area contributed by atoms with Gasteiger partial charge in [-0.15, -0.1) is 0 Å². The van der Waals surface area contributed by atoms with Crippen LogP contribution in [0.1, 0.15) is 31.2 Å². The summed E-state index contributed by atoms with van der Waals surface area (Å²) in [6, 6.07) is 5.94. The quantitative estimate of drug-likeness (QED) is 0.660. The summed E-state index contributed by atoms with van der Waals surface area (Å²) in [7, 11) is 0. The summed E-state index contributed by atoms with van der Waals surface area (Å²) in [6.07, 6.45) is 5.40. The molecular weight excluding hydrogens is 266 g/mol. The van der Waals surface area contributed by atoms with E-state index < -0.39 is 0 Å². The molecule has 16 heavy (non-hydrogen) atoms. The normalized spacial score (nSPS) is 16.1. The average Bonchev–Trinajstić information content (AvgIpc) is 2.18. The molecule has 1 aromatic carbocycles. The molecule has 0 aromatic heterocycles. The highest BCUT2D eigenvalue weighted by Crippen LogP contribution is 2.29. The van der Waals surface area contributed by atoms with Crippen molar-refractivity contribution < 1.29 is 4.74 Å². The summed E-state index contributed by atoms with van der Waals surface area (Å²) in [6.45, 7) is 1.49. The van der Waals surface area contributed by atoms with Crippen LogP contribution in [-0.2, 0) is 11.3 Å². The number of rotatable bonds is 5. The minimum absolute atomic E-state index is 0.631. The van der Waals surface area contributed by atoms with Crippen LogP contribution in [-0.4, -0.2) is 6.61 Å². The first-order valence-electron chi connectivity index (χ1n) is 5.87. The van der Waals surface area contributed by atoms with Crippen LogP contribution < -0.4 is 5.73 Å². The molecule has 0 aliphatic heterocycles. The summed E-state index contributed by atoms with van der Waals surface area (Å²) in [5.74, 6) is 0.919. The highest BCUT2D eigenvalue weighted by atomic mass is 79.9. The van der Waals surface area contributed by atoms with Gasteiger partial charge < -0.3 is 10.5 Å². The topological polar surface area (TPSA) is 35.2 Å². The number of hydrogen-bond acceptors (Lipinski definition) is 2. The van der Waals surface area contributed by atoms with E-state index in [1.807, 2.05) is 18.2 Å². The van der Waals surface area contributed by atoms with Crippen molar-refractivity contribution in [3.8, 4) is 0 Å². The number of ether oxygens (including phenoxy) is 1. The molecule has 2 rings (SSSR count). The maximum atomic E-state index is 5.89. The maximum absolute atomic E-state index is 5.89. The second-order valence-electron chi connectivity index (χ2n) is 4.48. The molecule has 1 aliphatic carbocycles. The Bertz CT molecular complexity index is 350. The summed E-state index contributed by atoms with van der Waals surface area (Å²) in [5.41, 5.74) is 7.77. The lowest BCUT2D eigenvalue weighted by Crippen LogP contribution is -2.13. The molecule has 0 spiro atoms. The molecule has 1 aromatic rings. The predicted octanol–water partition coefficient (Wildman–Crippen LogP) is 3.74. The van der Waals surface area contributed by atoms with E-state index in [1.54, 1.807) is 0 Å². The number of nitrogen functional groups attached to an aromatic ring is 1. The smallest absolute Gasteiger partial charge is 0.0736 e. The van der Waals surface area contributed by atoms with Crippen LogP contribution in [0.25, 0.3) is 0 Å². The van der Waals surface area contributed by atoms with Crippen LogP contribution in [0.5, 0.6) is 0 Å². The van der Waals surface area contributed by atoms with Crippen molar-refractivity contribution in [2.45, 2.75) is 32.3 Å². The van der Waals surface area contributed by atoms with Gasteiger partial charge in [0.1, 0.15) is 0 Å². The van der Waals surface area contributed by atoms with Crippen LogP contribution in [0.2, 0.25) is 0 Å². The van der Waals surface area contributed by atoms with Crippen molar-refractivity contribution in [2.75, 3.05) is 12.3 Å². The third-order valence-electron chi connectivity index (χ3n) is 3.26. The third kappa shape index (κ3) is 3.22. The van der Waals surface area contributed by atoms with E-state index in [4.69, 9.17) is 10.5 Å². The molecule has 0 unspecified atom stereocenters. The first-order chi connectivity index (χ1) is 7.75. The molecule has 2 N–H and O–H groups in total. The Balaban J connectivity index is 1.71. The second-order valence-corrected chi connectivity index (χ2v) is 5.40. The van der Waals surface area contributed by atoms with Gasteiger partial charge in [-0.2, -0.15) is 0 Å². The highest BCUT2D eigenvalue weighted by molar-refractivity contribution is 9.10. The van der Waals surface area contributed by atoms with E-state index in [0.29, 0.717) is 6.61 Å². The predicted molar refractivity (Wildman–Crippen MR) is 70.2 cm³/mol. The van der Waals surface area contributed by atoms with Crippen LogP contribution in [0.15, 0.2) is 22.7 Å². The Hall–Kier alpha value is -0.540. The molecule has 88 valence electrons. The SMILES string of the molecule is Nc1cc(Br)ccc1COCCC1CCC1. The van der Waals surface area contributed by atoms with Gasteiger partial charge in [-0.25, -0.2) is 0 Å². The van der Waals surface area contributed by atoms with Gasteiger partial charge in [-0.3, -0.25) is 0 Å². The van der Waals surface area contributed by atoms with Crippen LogP contribution >= 0.6 is 15.9 Å². The zero-order valence-electron chi connectivity index (χ0n) is 9.42. The summed E-state index contributed by atoms with van der Waals surface area (Å²) >= 11 is 3.39. The molecule has 0 bridgehead atoms. The van der Waals surface area contributed by atoms with Gasteiger partial charge in [-0.05, 0) is 24.5 Å². The second kappa shape index (κ2) is 5.69. The molecule has 3 heteroatoms. The Labute approximate surface area is 105 Å². The number of nitrogens with two attached hydrogens (primary N) is 1. The van der Waals surface area contributed by atoms with Crippen LogP contribution in [0.3, 0.4) is 0 Å². The van der Waals surface area contributed by atoms with Gasteiger partial charge >= 0.3 is 0 Å². The van der Waals surface area contributed by atoms with Crippen molar-refractivity contribution >= 4 is 21.6 Å². The molecule has 0 amide bonds. The lowest BCUT2D eigenvalue weighted by atomic mass is 9.83. The fourth-order valence-electron chi connectivity index (χ4n) is 1.91. The molecule has 2 nitrogen and oxygen atoms in total. The molecule has 1 saturated carbocycles. The first-order valence-corrected chi connectivity index (χ1v) is 6.66. The zero-order chi connectivity index (χ0) is 11.4. The van der Waals surface area contributed by atoms with Gasteiger partial charge in [-0.1, -0.05) is 41.3 Å².